The molecular weight excluding hydrogens is 324 g/mol. The Hall–Kier alpha value is -1.32. The lowest BCUT2D eigenvalue weighted by Gasteiger charge is -2.21. The summed E-state index contributed by atoms with van der Waals surface area (Å²) in [6.45, 7) is 5.10. The van der Waals surface area contributed by atoms with E-state index in [-0.39, 0.29) is 6.04 Å². The third-order valence-electron chi connectivity index (χ3n) is 3.69. The van der Waals surface area contributed by atoms with Gasteiger partial charge in [0.05, 0.1) is 0 Å². The van der Waals surface area contributed by atoms with Crippen molar-refractivity contribution >= 4 is 21.6 Å². The van der Waals surface area contributed by atoms with Gasteiger partial charge >= 0.3 is 0 Å². The quantitative estimate of drug-likeness (QED) is 0.875. The van der Waals surface area contributed by atoms with Crippen LogP contribution in [0.4, 0.5) is 5.69 Å². The molecule has 112 valence electrons. The smallest absolute Gasteiger partial charge is 0.0428 e. The maximum absolute atomic E-state index is 5.88. The molecule has 0 bridgehead atoms. The number of aryl methyl sites for hydroxylation is 1. The van der Waals surface area contributed by atoms with Crippen LogP contribution in [-0.2, 0) is 13.0 Å². The van der Waals surface area contributed by atoms with Gasteiger partial charge in [-0.25, -0.2) is 0 Å². The van der Waals surface area contributed by atoms with Crippen LogP contribution in [-0.4, -0.2) is 13.1 Å². The molecule has 0 aliphatic carbocycles. The van der Waals surface area contributed by atoms with E-state index in [9.17, 15) is 0 Å². The molecule has 0 aromatic heterocycles. The number of hydrogen-bond acceptors (Lipinski definition) is 2. The molecule has 2 rings (SSSR count). The number of nitrogens with two attached hydrogens (primary N) is 1. The number of benzene rings is 2. The molecule has 1 atom stereocenters. The topological polar surface area (TPSA) is 29.3 Å². The molecule has 2 N–H and O–H groups in total. The molecule has 2 aromatic carbocycles. The van der Waals surface area contributed by atoms with E-state index in [1.54, 1.807) is 0 Å². The summed E-state index contributed by atoms with van der Waals surface area (Å²) >= 11 is 3.66. The molecule has 0 heterocycles. The molecule has 2 aromatic rings. The van der Waals surface area contributed by atoms with E-state index in [2.05, 4.69) is 77.3 Å². The minimum absolute atomic E-state index is 0.178. The average molecular weight is 347 g/mol. The van der Waals surface area contributed by atoms with Crippen molar-refractivity contribution in [1.29, 1.82) is 0 Å². The molecule has 0 fully saturated rings. The van der Waals surface area contributed by atoms with Crippen LogP contribution in [0.3, 0.4) is 0 Å². The number of hydrogen-bond donors (Lipinski definition) is 1. The van der Waals surface area contributed by atoms with Gasteiger partial charge in [0.25, 0.3) is 0 Å². The first kappa shape index (κ1) is 16.1. The molecular formula is C18H23BrN2. The molecule has 1 unspecified atom stereocenters. The lowest BCUT2D eigenvalue weighted by Crippen LogP contribution is -2.19. The highest BCUT2D eigenvalue weighted by Crippen LogP contribution is 2.25. The lowest BCUT2D eigenvalue weighted by molar-refractivity contribution is 0.736. The third-order valence-corrected chi connectivity index (χ3v) is 4.43. The standard InChI is InChI=1S/C18H23BrN2/c1-13-6-4-5-7-16(13)12-21(3)17-9-8-15(10-14(2)20)18(19)11-17/h4-9,11,14H,10,12,20H2,1-3H3. The summed E-state index contributed by atoms with van der Waals surface area (Å²) in [6.07, 6.45) is 0.891. The average Bonchev–Trinajstić information content (AvgIpc) is 2.43. The van der Waals surface area contributed by atoms with Gasteiger partial charge in [0.1, 0.15) is 0 Å². The van der Waals surface area contributed by atoms with Crippen LogP contribution in [0.15, 0.2) is 46.9 Å². The highest BCUT2D eigenvalue weighted by molar-refractivity contribution is 9.10. The molecule has 0 amide bonds. The van der Waals surface area contributed by atoms with Gasteiger partial charge in [-0.2, -0.15) is 0 Å². The predicted octanol–water partition coefficient (Wildman–Crippen LogP) is 4.28. The van der Waals surface area contributed by atoms with E-state index < -0.39 is 0 Å². The SMILES string of the molecule is Cc1ccccc1CN(C)c1ccc(CC(C)N)c(Br)c1. The fraction of sp³-hybridized carbons (Fsp3) is 0.333. The third kappa shape index (κ3) is 4.32. The Labute approximate surface area is 136 Å². The van der Waals surface area contributed by atoms with E-state index >= 15 is 0 Å². The van der Waals surface area contributed by atoms with Crippen LogP contribution in [0.1, 0.15) is 23.6 Å². The van der Waals surface area contributed by atoms with Crippen molar-refractivity contribution in [3.8, 4) is 0 Å². The molecule has 2 nitrogen and oxygen atoms in total. The molecule has 0 aliphatic heterocycles. The van der Waals surface area contributed by atoms with E-state index in [1.165, 1.54) is 22.4 Å². The Bertz CT molecular complexity index is 608. The monoisotopic (exact) mass is 346 g/mol. The van der Waals surface area contributed by atoms with Gasteiger partial charge in [-0.3, -0.25) is 0 Å². The summed E-state index contributed by atoms with van der Waals surface area (Å²) in [6, 6.07) is 15.2. The number of nitrogens with zero attached hydrogens (tertiary/aromatic N) is 1. The van der Waals surface area contributed by atoms with Crippen LogP contribution in [0.25, 0.3) is 0 Å². The Balaban J connectivity index is 2.14. The summed E-state index contributed by atoms with van der Waals surface area (Å²) < 4.78 is 1.13. The Morgan fingerprint density at radius 2 is 1.86 bits per heavy atom. The maximum atomic E-state index is 5.88. The van der Waals surface area contributed by atoms with E-state index in [1.807, 2.05) is 6.92 Å². The van der Waals surface area contributed by atoms with Gasteiger partial charge in [0, 0.05) is 29.8 Å². The normalized spacial score (nSPS) is 12.2. The zero-order valence-electron chi connectivity index (χ0n) is 12.9. The van der Waals surface area contributed by atoms with Gasteiger partial charge in [0.2, 0.25) is 0 Å². The summed E-state index contributed by atoms with van der Waals surface area (Å²) in [5.74, 6) is 0. The molecule has 21 heavy (non-hydrogen) atoms. The van der Waals surface area contributed by atoms with Crippen molar-refractivity contribution < 1.29 is 0 Å². The van der Waals surface area contributed by atoms with Gasteiger partial charge < -0.3 is 10.6 Å². The van der Waals surface area contributed by atoms with Gasteiger partial charge in [-0.15, -0.1) is 0 Å². The minimum Gasteiger partial charge on any atom is -0.370 e. The first-order valence-corrected chi connectivity index (χ1v) is 8.06. The minimum atomic E-state index is 0.178. The first-order chi connectivity index (χ1) is 9.97. The summed E-state index contributed by atoms with van der Waals surface area (Å²) in [5, 5.41) is 0. The van der Waals surface area contributed by atoms with Crippen LogP contribution < -0.4 is 10.6 Å². The second kappa shape index (κ2) is 7.10. The summed E-state index contributed by atoms with van der Waals surface area (Å²) in [5.41, 5.74) is 11.0. The molecule has 0 saturated heterocycles. The highest BCUT2D eigenvalue weighted by atomic mass is 79.9. The van der Waals surface area contributed by atoms with Crippen molar-refractivity contribution in [3.05, 3.63) is 63.6 Å². The molecule has 0 aliphatic rings. The first-order valence-electron chi connectivity index (χ1n) is 7.27. The van der Waals surface area contributed by atoms with Crippen molar-refractivity contribution in [2.24, 2.45) is 5.73 Å². The highest BCUT2D eigenvalue weighted by Gasteiger charge is 2.08. The largest absolute Gasteiger partial charge is 0.370 e. The zero-order valence-corrected chi connectivity index (χ0v) is 14.5. The van der Waals surface area contributed by atoms with Crippen molar-refractivity contribution in [1.82, 2.24) is 0 Å². The molecule has 0 spiro atoms. The summed E-state index contributed by atoms with van der Waals surface area (Å²) in [4.78, 5) is 2.27. The number of rotatable bonds is 5. The van der Waals surface area contributed by atoms with Crippen molar-refractivity contribution in [3.63, 3.8) is 0 Å². The number of anilines is 1. The maximum Gasteiger partial charge on any atom is 0.0428 e. The second-order valence-corrected chi connectivity index (χ2v) is 6.59. The molecule has 0 saturated carbocycles. The Morgan fingerprint density at radius 3 is 2.48 bits per heavy atom. The van der Waals surface area contributed by atoms with Crippen LogP contribution in [0.2, 0.25) is 0 Å². The van der Waals surface area contributed by atoms with E-state index in [0.29, 0.717) is 0 Å². The number of halogens is 1. The van der Waals surface area contributed by atoms with Crippen LogP contribution in [0.5, 0.6) is 0 Å². The Morgan fingerprint density at radius 1 is 1.14 bits per heavy atom. The molecule has 0 radical (unpaired) electrons. The predicted molar refractivity (Wildman–Crippen MR) is 94.8 cm³/mol. The van der Waals surface area contributed by atoms with Crippen molar-refractivity contribution in [2.75, 3.05) is 11.9 Å². The van der Waals surface area contributed by atoms with E-state index in [0.717, 1.165) is 17.4 Å². The lowest BCUT2D eigenvalue weighted by atomic mass is 10.1. The van der Waals surface area contributed by atoms with Crippen LogP contribution in [0, 0.1) is 6.92 Å². The Kier molecular flexibility index (Phi) is 5.43. The van der Waals surface area contributed by atoms with Gasteiger partial charge in [0.15, 0.2) is 0 Å². The zero-order chi connectivity index (χ0) is 15.4. The van der Waals surface area contributed by atoms with Crippen LogP contribution >= 0.6 is 15.9 Å². The fourth-order valence-electron chi connectivity index (χ4n) is 2.42. The van der Waals surface area contributed by atoms with Gasteiger partial charge in [-0.05, 0) is 49.1 Å². The van der Waals surface area contributed by atoms with Gasteiger partial charge in [-0.1, -0.05) is 46.3 Å². The van der Waals surface area contributed by atoms with E-state index in [4.69, 9.17) is 5.73 Å². The summed E-state index contributed by atoms with van der Waals surface area (Å²) in [7, 11) is 2.12. The molecule has 3 heteroatoms. The second-order valence-electron chi connectivity index (χ2n) is 5.74. The van der Waals surface area contributed by atoms with Crippen molar-refractivity contribution in [2.45, 2.75) is 32.9 Å². The fourth-order valence-corrected chi connectivity index (χ4v) is 2.95.